The summed E-state index contributed by atoms with van der Waals surface area (Å²) in [6, 6.07) is 3.89. The van der Waals surface area contributed by atoms with Crippen molar-refractivity contribution in [3.05, 3.63) is 54.1 Å². The van der Waals surface area contributed by atoms with Crippen LogP contribution in [0.4, 0.5) is 10.5 Å². The second kappa shape index (κ2) is 7.35. The van der Waals surface area contributed by atoms with Crippen LogP contribution in [0.5, 0.6) is 0 Å². The molecule has 2 amide bonds. The highest BCUT2D eigenvalue weighted by atomic mass is 35.5. The van der Waals surface area contributed by atoms with Gasteiger partial charge in [-0.15, -0.1) is 13.2 Å². The number of urea groups is 1. The van der Waals surface area contributed by atoms with Gasteiger partial charge in [0.1, 0.15) is 0 Å². The summed E-state index contributed by atoms with van der Waals surface area (Å²) in [5, 5.41) is 11.7. The van der Waals surface area contributed by atoms with Crippen LogP contribution in [0, 0.1) is 0 Å². The van der Waals surface area contributed by atoms with E-state index in [1.54, 1.807) is 12.2 Å². The molecule has 0 bridgehead atoms. The molecule has 0 unspecified atom stereocenters. The van der Waals surface area contributed by atoms with Crippen LogP contribution in [-0.2, 0) is 0 Å². The molecular weight excluding hydrogens is 280 g/mol. The van der Waals surface area contributed by atoms with E-state index < -0.39 is 5.97 Å². The number of nitrogens with zero attached hydrogens (tertiary/aromatic N) is 1. The van der Waals surface area contributed by atoms with Gasteiger partial charge >= 0.3 is 12.0 Å². The van der Waals surface area contributed by atoms with E-state index >= 15 is 0 Å². The summed E-state index contributed by atoms with van der Waals surface area (Å²) in [5.74, 6) is -1.15. The lowest BCUT2D eigenvalue weighted by Gasteiger charge is -2.20. The molecule has 0 heterocycles. The van der Waals surface area contributed by atoms with Gasteiger partial charge in [0.2, 0.25) is 0 Å². The lowest BCUT2D eigenvalue weighted by Crippen LogP contribution is -2.35. The van der Waals surface area contributed by atoms with Gasteiger partial charge in [0, 0.05) is 18.8 Å². The highest BCUT2D eigenvalue weighted by Crippen LogP contribution is 2.20. The summed E-state index contributed by atoms with van der Waals surface area (Å²) in [4.78, 5) is 24.4. The summed E-state index contributed by atoms with van der Waals surface area (Å²) < 4.78 is 0. The largest absolute Gasteiger partial charge is 0.478 e. The number of hydrogen-bond donors (Lipinski definition) is 2. The van der Waals surface area contributed by atoms with E-state index in [-0.39, 0.29) is 16.6 Å². The first-order valence-electron chi connectivity index (χ1n) is 5.80. The topological polar surface area (TPSA) is 69.6 Å². The van der Waals surface area contributed by atoms with Gasteiger partial charge in [0.15, 0.2) is 0 Å². The first-order valence-corrected chi connectivity index (χ1v) is 6.18. The Morgan fingerprint density at radius 3 is 2.40 bits per heavy atom. The van der Waals surface area contributed by atoms with Crippen LogP contribution in [0.2, 0.25) is 5.02 Å². The molecule has 0 spiro atoms. The third-order valence-corrected chi connectivity index (χ3v) is 2.76. The van der Waals surface area contributed by atoms with Gasteiger partial charge in [-0.2, -0.15) is 0 Å². The van der Waals surface area contributed by atoms with Crippen molar-refractivity contribution < 1.29 is 14.7 Å². The number of carbonyl (C=O) groups is 2. The smallest absolute Gasteiger partial charge is 0.337 e. The molecule has 0 aromatic heterocycles. The molecule has 0 aliphatic rings. The van der Waals surface area contributed by atoms with Crippen LogP contribution < -0.4 is 5.32 Å². The zero-order valence-electron chi connectivity index (χ0n) is 10.8. The third kappa shape index (κ3) is 4.13. The predicted molar refractivity (Wildman–Crippen MR) is 79.4 cm³/mol. The zero-order valence-corrected chi connectivity index (χ0v) is 11.6. The van der Waals surface area contributed by atoms with Crippen LogP contribution in [0.1, 0.15) is 10.4 Å². The maximum atomic E-state index is 12.0. The number of carbonyl (C=O) groups excluding carboxylic acids is 1. The summed E-state index contributed by atoms with van der Waals surface area (Å²) >= 11 is 5.76. The van der Waals surface area contributed by atoms with Crippen molar-refractivity contribution in [3.63, 3.8) is 0 Å². The molecule has 1 aromatic carbocycles. The SMILES string of the molecule is C=CCN(CC=C)C(=O)Nc1ccc(Cl)c(C(=O)O)c1. The fourth-order valence-corrected chi connectivity index (χ4v) is 1.72. The van der Waals surface area contributed by atoms with Crippen LogP contribution >= 0.6 is 11.6 Å². The van der Waals surface area contributed by atoms with E-state index in [4.69, 9.17) is 16.7 Å². The Morgan fingerprint density at radius 1 is 1.30 bits per heavy atom. The fraction of sp³-hybridized carbons (Fsp3) is 0.143. The second-order valence-electron chi connectivity index (χ2n) is 3.91. The molecule has 1 aromatic rings. The molecule has 106 valence electrons. The van der Waals surface area contributed by atoms with Crippen molar-refractivity contribution in [2.24, 2.45) is 0 Å². The van der Waals surface area contributed by atoms with Gasteiger partial charge in [-0.25, -0.2) is 9.59 Å². The fourth-order valence-electron chi connectivity index (χ4n) is 1.52. The molecular formula is C14H15ClN2O3. The van der Waals surface area contributed by atoms with Crippen LogP contribution in [0.25, 0.3) is 0 Å². The minimum atomic E-state index is -1.15. The lowest BCUT2D eigenvalue weighted by atomic mass is 10.2. The Labute approximate surface area is 122 Å². The van der Waals surface area contributed by atoms with E-state index in [0.717, 1.165) is 0 Å². The number of hydrogen-bond acceptors (Lipinski definition) is 2. The quantitative estimate of drug-likeness (QED) is 0.791. The van der Waals surface area contributed by atoms with Gasteiger partial charge in [-0.3, -0.25) is 0 Å². The number of aromatic carboxylic acids is 1. The Hall–Kier alpha value is -2.27. The molecule has 0 aliphatic heterocycles. The average molecular weight is 295 g/mol. The van der Waals surface area contributed by atoms with Gasteiger partial charge in [-0.05, 0) is 18.2 Å². The molecule has 0 saturated carbocycles. The number of carboxylic acids is 1. The number of benzene rings is 1. The van der Waals surface area contributed by atoms with Gasteiger partial charge in [0.05, 0.1) is 10.6 Å². The maximum absolute atomic E-state index is 12.0. The highest BCUT2D eigenvalue weighted by molar-refractivity contribution is 6.33. The second-order valence-corrected chi connectivity index (χ2v) is 4.32. The van der Waals surface area contributed by atoms with Crippen molar-refractivity contribution in [1.29, 1.82) is 0 Å². The van der Waals surface area contributed by atoms with E-state index in [2.05, 4.69) is 18.5 Å². The number of anilines is 1. The van der Waals surface area contributed by atoms with Crippen LogP contribution in [-0.4, -0.2) is 35.1 Å². The normalized spacial score (nSPS) is 9.65. The number of carboxylic acid groups (broad SMARTS) is 1. The zero-order chi connectivity index (χ0) is 15.1. The van der Waals surface area contributed by atoms with E-state index in [9.17, 15) is 9.59 Å². The Balaban J connectivity index is 2.89. The molecule has 1 rings (SSSR count). The predicted octanol–water partition coefficient (Wildman–Crippen LogP) is 3.24. The Morgan fingerprint density at radius 2 is 1.90 bits per heavy atom. The molecule has 0 radical (unpaired) electrons. The summed E-state index contributed by atoms with van der Waals surface area (Å²) in [6.45, 7) is 7.86. The van der Waals surface area contributed by atoms with Gasteiger partial charge < -0.3 is 15.3 Å². The van der Waals surface area contributed by atoms with Crippen molar-refractivity contribution >= 4 is 29.3 Å². The highest BCUT2D eigenvalue weighted by Gasteiger charge is 2.13. The van der Waals surface area contributed by atoms with Crippen LogP contribution in [0.15, 0.2) is 43.5 Å². The van der Waals surface area contributed by atoms with Crippen molar-refractivity contribution in [2.75, 3.05) is 18.4 Å². The summed E-state index contributed by atoms with van der Waals surface area (Å²) in [7, 11) is 0. The molecule has 0 fully saturated rings. The third-order valence-electron chi connectivity index (χ3n) is 2.43. The first-order chi connectivity index (χ1) is 9.49. The van der Waals surface area contributed by atoms with Crippen molar-refractivity contribution in [3.8, 4) is 0 Å². The van der Waals surface area contributed by atoms with E-state index in [0.29, 0.717) is 18.8 Å². The monoisotopic (exact) mass is 294 g/mol. The first kappa shape index (κ1) is 15.8. The van der Waals surface area contributed by atoms with Gasteiger partial charge in [0.25, 0.3) is 0 Å². The molecule has 2 N–H and O–H groups in total. The molecule has 0 atom stereocenters. The molecule has 6 heteroatoms. The lowest BCUT2D eigenvalue weighted by molar-refractivity contribution is 0.0697. The minimum absolute atomic E-state index is 0.0662. The van der Waals surface area contributed by atoms with Crippen molar-refractivity contribution in [1.82, 2.24) is 4.90 Å². The number of halogens is 1. The molecule has 0 saturated heterocycles. The number of amides is 2. The van der Waals surface area contributed by atoms with Gasteiger partial charge in [-0.1, -0.05) is 23.8 Å². The summed E-state index contributed by atoms with van der Waals surface area (Å²) in [5.41, 5.74) is 0.290. The van der Waals surface area contributed by atoms with E-state index in [1.807, 2.05) is 0 Å². The van der Waals surface area contributed by atoms with E-state index in [1.165, 1.54) is 23.1 Å². The number of nitrogens with one attached hydrogen (secondary N) is 1. The van der Waals surface area contributed by atoms with Crippen molar-refractivity contribution in [2.45, 2.75) is 0 Å². The Kier molecular flexibility index (Phi) is 5.80. The Bertz CT molecular complexity index is 533. The molecule has 0 aliphatic carbocycles. The van der Waals surface area contributed by atoms with Crippen LogP contribution in [0.3, 0.4) is 0 Å². The summed E-state index contributed by atoms with van der Waals surface area (Å²) in [6.07, 6.45) is 3.18. The molecule has 5 nitrogen and oxygen atoms in total. The average Bonchev–Trinajstić information content (AvgIpc) is 2.40. The minimum Gasteiger partial charge on any atom is -0.478 e. The molecule has 20 heavy (non-hydrogen) atoms. The maximum Gasteiger partial charge on any atom is 0.337 e. The number of rotatable bonds is 6. The standard InChI is InChI=1S/C14H15ClN2O3/c1-3-7-17(8-4-2)14(20)16-10-5-6-12(15)11(9-10)13(18)19/h3-6,9H,1-2,7-8H2,(H,16,20)(H,18,19).